The van der Waals surface area contributed by atoms with Gasteiger partial charge in [-0.25, -0.2) is 33.6 Å². The van der Waals surface area contributed by atoms with Crippen molar-refractivity contribution in [3.63, 3.8) is 0 Å². The molecule has 6 saturated heterocycles. The van der Waals surface area contributed by atoms with Crippen molar-refractivity contribution in [3.8, 4) is 0 Å². The number of carbonyl (C=O) groups is 7. The number of halogens is 23. The number of hydrogen-bond acceptors (Lipinski definition) is 26. The predicted molar refractivity (Wildman–Crippen MR) is 379 cm³/mol. The highest BCUT2D eigenvalue weighted by molar-refractivity contribution is 5.90. The van der Waals surface area contributed by atoms with Crippen LogP contribution in [0.25, 0.3) is 0 Å². The van der Waals surface area contributed by atoms with Crippen LogP contribution >= 0.6 is 0 Å². The highest BCUT2D eigenvalue weighted by Crippen LogP contribution is 2.61. The van der Waals surface area contributed by atoms with E-state index < -0.39 is 206 Å². The van der Waals surface area contributed by atoms with Gasteiger partial charge in [0, 0.05) is 28.4 Å². The summed E-state index contributed by atoms with van der Waals surface area (Å²) in [5, 5.41) is 0. The largest absolute Gasteiger partial charge is 0.486 e. The fourth-order valence-corrected chi connectivity index (χ4v) is 10.2. The van der Waals surface area contributed by atoms with E-state index >= 15 is 0 Å². The molecule has 125 heavy (non-hydrogen) atoms. The molecule has 722 valence electrons. The number of ether oxygens (including phenoxy) is 19. The zero-order valence-electron chi connectivity index (χ0n) is 72.7. The zero-order chi connectivity index (χ0) is 99.6. The van der Waals surface area contributed by atoms with Gasteiger partial charge >= 0.3 is 127 Å². The number of carbonyl (C=O) groups excluding carboxylic acids is 7. The minimum Gasteiger partial charge on any atom is -0.450 e. The minimum absolute atomic E-state index is 0.0148. The number of rotatable bonds is 15. The van der Waals surface area contributed by atoms with Crippen molar-refractivity contribution in [2.24, 2.45) is 0 Å². The normalized spacial score (nSPS) is 24.5. The Morgan fingerprint density at radius 3 is 0.728 bits per heavy atom. The molecule has 1 aliphatic carbocycles. The summed E-state index contributed by atoms with van der Waals surface area (Å²) in [6, 6.07) is 0. The first-order valence-corrected chi connectivity index (χ1v) is 36.4. The Morgan fingerprint density at radius 1 is 0.296 bits per heavy atom. The molecule has 0 aromatic carbocycles. The van der Waals surface area contributed by atoms with Crippen molar-refractivity contribution >= 4 is 41.8 Å². The molecule has 0 aromatic heterocycles. The van der Waals surface area contributed by atoms with E-state index in [1.807, 2.05) is 0 Å². The summed E-state index contributed by atoms with van der Waals surface area (Å²) < 4.78 is 390. The fourth-order valence-electron chi connectivity index (χ4n) is 10.2. The van der Waals surface area contributed by atoms with E-state index in [0.717, 1.165) is 19.8 Å². The molecule has 0 amide bonds. The summed E-state index contributed by atoms with van der Waals surface area (Å²) in [6.07, 6.45) is -33.9. The first kappa shape index (κ1) is 114. The number of esters is 7. The van der Waals surface area contributed by atoms with Gasteiger partial charge in [0.05, 0.1) is 61.6 Å². The summed E-state index contributed by atoms with van der Waals surface area (Å²) in [6.45, 7) is 52.0. The highest BCUT2D eigenvalue weighted by Gasteiger charge is 2.83. The molecule has 49 heteroatoms. The maximum Gasteiger partial charge on any atom is 0.486 e. The van der Waals surface area contributed by atoms with Gasteiger partial charge in [-0.3, -0.25) is 0 Å². The van der Waals surface area contributed by atoms with Crippen LogP contribution in [0, 0.1) is 0 Å². The Hall–Kier alpha value is -7.36. The van der Waals surface area contributed by atoms with Crippen molar-refractivity contribution in [2.75, 3.05) is 6.61 Å². The standard InChI is InChI=1S/C14H19F3O6.C14H19F3O4.C13H17F5O4.C12H14F6O4.C12H17F3O4.C11H15F3O4/c1-8(2)10(19)20-7-9(18)21-14(13(15,16)17)22-11(3,4)12(5,6)23-14;1-9(2)10(18)19-14(13(15,16)17)20-11(3,4)12(21-14)7-5-6-8-12;1-7(2)8(19)20-13(11(14,15)12(16,17)18)21-9(3,4)10(5,6)22-13;1-6(10(13,14)15)7(19)20-12(11(16,17)18)21-8(2,3)9(4,5)22-12;1-7(2)8(16)17-12(11(13,14)15)18-9(3,4)10(5,6)19-12;1-6-7(15)16-11(10(12,13)14)17-8(2,3)9(4,5)18-11/h1,7H2,2-6H3;1,5-8H2,2-4H3;1H2,2-6H3;1H2,2-5H3;1H2,2-6H3;6H,1H2,2-5H3. The second-order valence-corrected chi connectivity index (χ2v) is 34.3. The van der Waals surface area contributed by atoms with Crippen LogP contribution in [0.4, 0.5) is 101 Å². The van der Waals surface area contributed by atoms with Crippen molar-refractivity contribution < 1.29 is 225 Å². The van der Waals surface area contributed by atoms with E-state index in [2.05, 4.69) is 82.1 Å². The van der Waals surface area contributed by atoms with Gasteiger partial charge in [-0.1, -0.05) is 52.3 Å². The zero-order valence-corrected chi connectivity index (χ0v) is 72.7. The molecular weight excluding hydrogens is 1770 g/mol. The third-order valence-electron chi connectivity index (χ3n) is 20.7. The van der Waals surface area contributed by atoms with Gasteiger partial charge in [0.2, 0.25) is 0 Å². The molecule has 7 rings (SSSR count). The monoisotopic (exact) mass is 1870 g/mol. The molecule has 7 fully saturated rings. The van der Waals surface area contributed by atoms with Crippen LogP contribution in [0.15, 0.2) is 73.4 Å². The average molecular weight is 1870 g/mol. The lowest BCUT2D eigenvalue weighted by molar-refractivity contribution is -0.467. The van der Waals surface area contributed by atoms with Gasteiger partial charge in [0.25, 0.3) is 0 Å². The molecule has 1 unspecified atom stereocenters. The number of alkyl halides is 23. The van der Waals surface area contributed by atoms with Crippen LogP contribution in [0.3, 0.4) is 0 Å². The second kappa shape index (κ2) is 35.5. The average Bonchev–Trinajstić information content (AvgIpc) is 1.54. The third-order valence-corrected chi connectivity index (χ3v) is 20.7. The van der Waals surface area contributed by atoms with Gasteiger partial charge in [0.1, 0.15) is 11.2 Å². The van der Waals surface area contributed by atoms with Crippen molar-refractivity contribution in [1.82, 2.24) is 0 Å². The quantitative estimate of drug-likeness (QED) is 0.0637. The topological polar surface area (TPSA) is 295 Å². The molecule has 0 radical (unpaired) electrons. The lowest BCUT2D eigenvalue weighted by Gasteiger charge is -2.35. The van der Waals surface area contributed by atoms with Crippen LogP contribution in [-0.2, 0) is 124 Å². The molecule has 26 nitrogen and oxygen atoms in total. The fraction of sp³-hybridized carbons (Fsp3) is 0.750. The summed E-state index contributed by atoms with van der Waals surface area (Å²) in [4.78, 5) is 79.6. The third kappa shape index (κ3) is 23.8. The van der Waals surface area contributed by atoms with E-state index in [9.17, 15) is 135 Å². The van der Waals surface area contributed by atoms with E-state index in [1.54, 1.807) is 0 Å². The van der Waals surface area contributed by atoms with Gasteiger partial charge in [-0.15, -0.1) is 0 Å². The highest BCUT2D eigenvalue weighted by atomic mass is 19.4. The van der Waals surface area contributed by atoms with E-state index in [4.69, 9.17) is 47.4 Å². The molecule has 0 aromatic rings. The second-order valence-electron chi connectivity index (χ2n) is 34.3. The predicted octanol–water partition coefficient (Wildman–Crippen LogP) is 18.4. The van der Waals surface area contributed by atoms with Gasteiger partial charge in [-0.05, 0) is 193 Å². The van der Waals surface area contributed by atoms with Crippen LogP contribution in [0.5, 0.6) is 0 Å². The Bertz CT molecular complexity index is 3980. The molecule has 6 aliphatic heterocycles. The maximum absolute atomic E-state index is 13.9. The maximum atomic E-state index is 13.9. The molecule has 1 spiro atoms. The Morgan fingerprint density at radius 2 is 0.504 bits per heavy atom. The molecule has 0 N–H and O–H groups in total. The lowest BCUT2D eigenvalue weighted by Crippen LogP contribution is -2.61. The van der Waals surface area contributed by atoms with E-state index in [-0.39, 0.29) is 22.3 Å². The Kier molecular flexibility index (Phi) is 32.3. The van der Waals surface area contributed by atoms with Crippen molar-refractivity contribution in [3.05, 3.63) is 73.4 Å². The van der Waals surface area contributed by atoms with Gasteiger partial charge in [0.15, 0.2) is 6.61 Å². The summed E-state index contributed by atoms with van der Waals surface area (Å²) in [5.41, 5.74) is -19.5. The molecule has 7 aliphatic rings. The Balaban J connectivity index is 0.000000509. The van der Waals surface area contributed by atoms with Gasteiger partial charge in [-0.2, -0.15) is 101 Å². The first-order valence-electron chi connectivity index (χ1n) is 36.4. The summed E-state index contributed by atoms with van der Waals surface area (Å²) in [7, 11) is 0. The van der Waals surface area contributed by atoms with Crippen LogP contribution in [0.1, 0.15) is 206 Å². The van der Waals surface area contributed by atoms with Crippen molar-refractivity contribution in [2.45, 2.75) is 358 Å². The smallest absolute Gasteiger partial charge is 0.450 e. The SMILES string of the molecule is C=C(C(=O)OC1(C(F)(F)F)OC(C)(C)C(C)(C)O1)C(F)(F)F.C=C(C)C(=O)OC1(C(F)(F)C(F)(F)F)OC(C)(C)C(C)(C)O1.C=C(C)C(=O)OC1(C(F)(F)F)OC(C)(C)C(C)(C)O1.C=C(C)C(=O)OC1(C(F)(F)F)OC(C)(C)C2(CCCC2)O1.C=C(C)C(=O)OCC(=O)OC1(C(F)(F)F)OC(C)(C)C(C)(C)O1.C=CC(=O)OC1(C(F)(F)F)OC(C)(C)C(C)(C)O1. The van der Waals surface area contributed by atoms with E-state index in [0.29, 0.717) is 18.9 Å². The lowest BCUT2D eigenvalue weighted by atomic mass is 9.85. The van der Waals surface area contributed by atoms with E-state index in [1.165, 1.54) is 173 Å². The first-order chi connectivity index (χ1) is 54.6. The molecular formula is C76H101F23O26. The van der Waals surface area contributed by atoms with Crippen LogP contribution in [-0.4, -0.2) is 201 Å². The Labute approximate surface area is 702 Å². The minimum atomic E-state index is -6.06. The number of hydrogen-bond donors (Lipinski definition) is 0. The molecule has 1 saturated carbocycles. The molecule has 1 atom stereocenters. The summed E-state index contributed by atoms with van der Waals surface area (Å²) in [5.74, 6) is -37.1. The summed E-state index contributed by atoms with van der Waals surface area (Å²) >= 11 is 0. The van der Waals surface area contributed by atoms with Crippen LogP contribution < -0.4 is 0 Å². The molecule has 0 bridgehead atoms. The molecule has 6 heterocycles. The van der Waals surface area contributed by atoms with Crippen LogP contribution in [0.2, 0.25) is 0 Å². The van der Waals surface area contributed by atoms with Gasteiger partial charge < -0.3 is 90.0 Å². The van der Waals surface area contributed by atoms with Crippen molar-refractivity contribution in [1.29, 1.82) is 0 Å².